The molecule has 3 aromatic heterocycles. The first-order chi connectivity index (χ1) is 12.3. The molecule has 0 radical (unpaired) electrons. The second-order valence-corrected chi connectivity index (χ2v) is 6.08. The lowest BCUT2D eigenvalue weighted by atomic mass is 10.3. The number of rotatable bonds is 4. The minimum atomic E-state index is -0.435. The third-order valence-corrected chi connectivity index (χ3v) is 4.67. The second-order valence-electron chi connectivity index (χ2n) is 6.08. The predicted molar refractivity (Wildman–Crippen MR) is 96.5 cm³/mol. The molecule has 0 spiro atoms. The van der Waals surface area contributed by atoms with Crippen molar-refractivity contribution in [2.24, 2.45) is 7.05 Å². The van der Waals surface area contributed by atoms with E-state index in [1.807, 2.05) is 20.8 Å². The van der Waals surface area contributed by atoms with E-state index in [4.69, 9.17) is 4.74 Å². The number of nitrogens with zero attached hydrogens (tertiary/aromatic N) is 5. The largest absolute Gasteiger partial charge is 0.468 e. The smallest absolute Gasteiger partial charge is 0.332 e. The fourth-order valence-corrected chi connectivity index (χ4v) is 3.07. The maximum atomic E-state index is 13.0. The van der Waals surface area contributed by atoms with Gasteiger partial charge < -0.3 is 9.30 Å². The molecule has 0 N–H and O–H groups in total. The van der Waals surface area contributed by atoms with E-state index in [9.17, 15) is 14.4 Å². The van der Waals surface area contributed by atoms with Gasteiger partial charge in [-0.05, 0) is 20.8 Å². The van der Waals surface area contributed by atoms with Crippen LogP contribution in [-0.2, 0) is 29.7 Å². The van der Waals surface area contributed by atoms with E-state index in [-0.39, 0.29) is 18.7 Å². The van der Waals surface area contributed by atoms with Crippen molar-refractivity contribution in [2.45, 2.75) is 33.9 Å². The van der Waals surface area contributed by atoms with E-state index in [2.05, 4.69) is 4.98 Å². The highest BCUT2D eigenvalue weighted by Gasteiger charge is 2.23. The number of imidazole rings is 2. The minimum Gasteiger partial charge on any atom is -0.468 e. The Balaban J connectivity index is 2.45. The average Bonchev–Trinajstić information content (AvgIpc) is 3.12. The van der Waals surface area contributed by atoms with Crippen LogP contribution < -0.4 is 11.2 Å². The van der Waals surface area contributed by atoms with Crippen molar-refractivity contribution in [2.75, 3.05) is 7.11 Å². The first-order valence-electron chi connectivity index (χ1n) is 8.19. The molecule has 0 aromatic carbocycles. The van der Waals surface area contributed by atoms with Gasteiger partial charge in [0.25, 0.3) is 5.56 Å². The summed E-state index contributed by atoms with van der Waals surface area (Å²) in [6.07, 6.45) is 3.53. The van der Waals surface area contributed by atoms with Gasteiger partial charge in [0.15, 0.2) is 11.2 Å². The standard InChI is InChI=1S/C17H21N5O4/c1-6-7-8-20-15(24)13-14(19(4)17(20)25)18-16-21(9-12(23)26-5)10(2)11(3)22(13)16/h6-7H,8-9H2,1-5H3/b7-6+. The number of fused-ring (bicyclic) bond motifs is 3. The minimum absolute atomic E-state index is 0.0241. The molecule has 0 saturated carbocycles. The molecule has 26 heavy (non-hydrogen) atoms. The summed E-state index contributed by atoms with van der Waals surface area (Å²) >= 11 is 0. The highest BCUT2D eigenvalue weighted by molar-refractivity contribution is 5.77. The molecule has 0 amide bonds. The monoisotopic (exact) mass is 359 g/mol. The molecule has 0 bridgehead atoms. The Morgan fingerprint density at radius 2 is 1.88 bits per heavy atom. The number of aromatic nitrogens is 5. The van der Waals surface area contributed by atoms with Crippen LogP contribution in [-0.4, -0.2) is 36.2 Å². The quantitative estimate of drug-likeness (QED) is 0.500. The molecule has 138 valence electrons. The molecule has 3 heterocycles. The van der Waals surface area contributed by atoms with Crippen molar-refractivity contribution in [1.82, 2.24) is 23.1 Å². The molecular formula is C17H21N5O4. The Hall–Kier alpha value is -3.10. The zero-order valence-corrected chi connectivity index (χ0v) is 15.4. The first kappa shape index (κ1) is 17.7. The Morgan fingerprint density at radius 3 is 2.50 bits per heavy atom. The molecule has 0 atom stereocenters. The van der Waals surface area contributed by atoms with E-state index >= 15 is 0 Å². The summed E-state index contributed by atoms with van der Waals surface area (Å²) in [4.78, 5) is 41.7. The molecule has 3 aromatic rings. The molecule has 0 unspecified atom stereocenters. The van der Waals surface area contributed by atoms with E-state index in [0.717, 1.165) is 11.4 Å². The molecule has 0 aliphatic carbocycles. The molecule has 3 rings (SSSR count). The molecular weight excluding hydrogens is 338 g/mol. The number of hydrogen-bond acceptors (Lipinski definition) is 5. The SMILES string of the molecule is C/C=C/Cn1c(=O)c2c(nc3n(CC(=O)OC)c(C)c(C)n23)n(C)c1=O. The van der Waals surface area contributed by atoms with E-state index in [0.29, 0.717) is 11.3 Å². The maximum absolute atomic E-state index is 13.0. The first-order valence-corrected chi connectivity index (χ1v) is 8.19. The van der Waals surface area contributed by atoms with E-state index < -0.39 is 17.2 Å². The van der Waals surface area contributed by atoms with Gasteiger partial charge in [0, 0.05) is 25.0 Å². The van der Waals surface area contributed by atoms with E-state index in [1.165, 1.54) is 16.2 Å². The van der Waals surface area contributed by atoms with Gasteiger partial charge in [0.2, 0.25) is 5.78 Å². The second kappa shape index (κ2) is 6.32. The van der Waals surface area contributed by atoms with Gasteiger partial charge in [-0.1, -0.05) is 12.2 Å². The molecule has 0 saturated heterocycles. The van der Waals surface area contributed by atoms with Crippen LogP contribution in [0.4, 0.5) is 0 Å². The summed E-state index contributed by atoms with van der Waals surface area (Å²) in [6.45, 7) is 5.68. The number of allylic oxidation sites excluding steroid dienone is 2. The van der Waals surface area contributed by atoms with Crippen molar-refractivity contribution >= 4 is 22.9 Å². The van der Waals surface area contributed by atoms with Gasteiger partial charge in [-0.15, -0.1) is 0 Å². The lowest BCUT2D eigenvalue weighted by Gasteiger charge is -2.06. The van der Waals surface area contributed by atoms with Crippen LogP contribution in [0.1, 0.15) is 18.3 Å². The number of hydrogen-bond donors (Lipinski definition) is 0. The van der Waals surface area contributed by atoms with Crippen LogP contribution in [0, 0.1) is 13.8 Å². The number of esters is 1. The Labute approximate surface area is 148 Å². The third-order valence-electron chi connectivity index (χ3n) is 4.67. The van der Waals surface area contributed by atoms with Gasteiger partial charge in [-0.3, -0.25) is 23.1 Å². The van der Waals surface area contributed by atoms with Crippen molar-refractivity contribution in [3.05, 3.63) is 44.4 Å². The van der Waals surface area contributed by atoms with Crippen LogP contribution in [0.25, 0.3) is 16.9 Å². The van der Waals surface area contributed by atoms with Crippen LogP contribution in [0.3, 0.4) is 0 Å². The summed E-state index contributed by atoms with van der Waals surface area (Å²) in [5.41, 5.74) is 1.33. The molecule has 9 heteroatoms. The fraction of sp³-hybridized carbons (Fsp3) is 0.412. The number of aryl methyl sites for hydroxylation is 2. The van der Waals surface area contributed by atoms with Crippen LogP contribution in [0.15, 0.2) is 21.7 Å². The number of ether oxygens (including phenoxy) is 1. The zero-order chi connectivity index (χ0) is 19.2. The highest BCUT2D eigenvalue weighted by atomic mass is 16.5. The Bertz CT molecular complexity index is 1170. The normalized spacial score (nSPS) is 11.9. The van der Waals surface area contributed by atoms with Crippen molar-refractivity contribution in [3.8, 4) is 0 Å². The fourth-order valence-electron chi connectivity index (χ4n) is 3.07. The summed E-state index contributed by atoms with van der Waals surface area (Å²) in [5, 5.41) is 0. The van der Waals surface area contributed by atoms with Crippen LogP contribution in [0.2, 0.25) is 0 Å². The Kier molecular flexibility index (Phi) is 4.31. The predicted octanol–water partition coefficient (Wildman–Crippen LogP) is 0.515. The van der Waals surface area contributed by atoms with Gasteiger partial charge in [0.1, 0.15) is 6.54 Å². The summed E-state index contributed by atoms with van der Waals surface area (Å²) in [6, 6.07) is 0. The number of methoxy groups -OCH3 is 1. The molecule has 9 nitrogen and oxygen atoms in total. The zero-order valence-electron chi connectivity index (χ0n) is 15.4. The third kappa shape index (κ3) is 2.39. The van der Waals surface area contributed by atoms with Gasteiger partial charge in [-0.2, -0.15) is 4.98 Å². The van der Waals surface area contributed by atoms with Gasteiger partial charge in [-0.25, -0.2) is 4.79 Å². The Morgan fingerprint density at radius 1 is 1.19 bits per heavy atom. The molecule has 0 aliphatic heterocycles. The van der Waals surface area contributed by atoms with Crippen molar-refractivity contribution in [3.63, 3.8) is 0 Å². The van der Waals surface area contributed by atoms with Crippen LogP contribution in [0.5, 0.6) is 0 Å². The van der Waals surface area contributed by atoms with E-state index in [1.54, 1.807) is 28.2 Å². The number of carbonyl (C=O) groups excluding carboxylic acids is 1. The maximum Gasteiger partial charge on any atom is 0.332 e. The van der Waals surface area contributed by atoms with Gasteiger partial charge in [0.05, 0.1) is 7.11 Å². The van der Waals surface area contributed by atoms with Crippen LogP contribution >= 0.6 is 0 Å². The van der Waals surface area contributed by atoms with Crippen molar-refractivity contribution < 1.29 is 9.53 Å². The summed E-state index contributed by atoms with van der Waals surface area (Å²) in [7, 11) is 2.90. The summed E-state index contributed by atoms with van der Waals surface area (Å²) < 4.78 is 10.6. The van der Waals surface area contributed by atoms with Gasteiger partial charge >= 0.3 is 11.7 Å². The lowest BCUT2D eigenvalue weighted by molar-refractivity contribution is -0.141. The van der Waals surface area contributed by atoms with Crippen molar-refractivity contribution in [1.29, 1.82) is 0 Å². The molecule has 0 aliphatic rings. The summed E-state index contributed by atoms with van der Waals surface area (Å²) in [5.74, 6) is 0.00771. The molecule has 0 fully saturated rings. The average molecular weight is 359 g/mol. The lowest BCUT2D eigenvalue weighted by Crippen LogP contribution is -2.39. The highest BCUT2D eigenvalue weighted by Crippen LogP contribution is 2.20. The topological polar surface area (TPSA) is 92.5 Å². The number of carbonyl (C=O) groups is 1.